The Morgan fingerprint density at radius 2 is 1.79 bits per heavy atom. The van der Waals surface area contributed by atoms with Crippen LogP contribution < -0.4 is 0 Å². The van der Waals surface area contributed by atoms with E-state index in [1.807, 2.05) is 43.3 Å². The maximum atomic E-state index is 12.6. The van der Waals surface area contributed by atoms with Crippen molar-refractivity contribution >= 4 is 18.0 Å². The number of benzene rings is 1. The average Bonchev–Trinajstić information content (AvgIpc) is 3.27. The van der Waals surface area contributed by atoms with E-state index in [2.05, 4.69) is 0 Å². The number of aliphatic hydroxyl groups is 4. The molecule has 1 saturated carbocycles. The van der Waals surface area contributed by atoms with Crippen LogP contribution in [0.2, 0.25) is 0 Å². The summed E-state index contributed by atoms with van der Waals surface area (Å²) in [4.78, 5) is 25.0. The monoisotopic (exact) mass is 546 g/mol. The van der Waals surface area contributed by atoms with E-state index < -0.39 is 73.5 Å². The van der Waals surface area contributed by atoms with Gasteiger partial charge in [0.05, 0.1) is 25.6 Å². The molecule has 0 amide bonds. The standard InChI is InChI=1S/C28H34O11/c1-15-19(37-21(30)11-7-6-10-16-8-4-3-5-9-16)12-17-18(26(34)35-2)14-36-27(22(15)17)39-28-25(33)24(32)23(31)20(13-29)38-28/h3-11,14-15,17,19-20,22-25,27-29,31-33H,12-13H2,1-2H3/t15-,17-,19+,20-,22-,23-,24+,25-,27+,28+/m1/s1. The van der Waals surface area contributed by atoms with E-state index in [4.69, 9.17) is 23.7 Å². The molecular weight excluding hydrogens is 512 g/mol. The SMILES string of the molecule is COC(=O)C1=CO[C@@H](O[C@@H]2O[C@H](CO)[C@@H](O)[C@H](O)[C@H]2O)[C@@H]2[C@H](C)[C@@H](OC(=O)C=CC=Cc3ccccc3)C[C@H]12. The third-order valence-electron chi connectivity index (χ3n) is 7.42. The minimum Gasteiger partial charge on any atom is -0.472 e. The fourth-order valence-corrected chi connectivity index (χ4v) is 5.29. The zero-order valence-corrected chi connectivity index (χ0v) is 21.6. The van der Waals surface area contributed by atoms with Gasteiger partial charge in [-0.05, 0) is 12.0 Å². The molecule has 10 atom stereocenters. The van der Waals surface area contributed by atoms with E-state index in [0.717, 1.165) is 5.56 Å². The molecule has 2 heterocycles. The second-order valence-corrected chi connectivity index (χ2v) is 9.79. The number of ether oxygens (including phenoxy) is 5. The minimum absolute atomic E-state index is 0.253. The molecule has 0 unspecified atom stereocenters. The molecule has 1 aromatic rings. The van der Waals surface area contributed by atoms with Crippen molar-refractivity contribution < 1.29 is 53.7 Å². The molecule has 11 heteroatoms. The molecule has 1 aromatic carbocycles. The summed E-state index contributed by atoms with van der Waals surface area (Å²) < 4.78 is 27.7. The van der Waals surface area contributed by atoms with E-state index in [1.54, 1.807) is 12.2 Å². The number of aliphatic hydroxyl groups excluding tert-OH is 4. The molecular formula is C28H34O11. The van der Waals surface area contributed by atoms with Crippen LogP contribution in [0, 0.1) is 17.8 Å². The van der Waals surface area contributed by atoms with Crippen LogP contribution in [-0.4, -0.2) is 89.2 Å². The van der Waals surface area contributed by atoms with Crippen molar-refractivity contribution in [3.63, 3.8) is 0 Å². The normalized spacial score (nSPS) is 36.3. The van der Waals surface area contributed by atoms with Gasteiger partial charge in [0.15, 0.2) is 6.29 Å². The fraction of sp³-hybridized carbons (Fsp3) is 0.500. The van der Waals surface area contributed by atoms with Gasteiger partial charge in [0, 0.05) is 23.8 Å². The lowest BCUT2D eigenvalue weighted by Gasteiger charge is -2.43. The number of hydrogen-bond donors (Lipinski definition) is 4. The predicted octanol–water partition coefficient (Wildman–Crippen LogP) is 0.670. The molecule has 4 N–H and O–H groups in total. The van der Waals surface area contributed by atoms with Crippen molar-refractivity contribution in [1.29, 1.82) is 0 Å². The molecule has 0 radical (unpaired) electrons. The van der Waals surface area contributed by atoms with E-state index in [0.29, 0.717) is 6.42 Å². The van der Waals surface area contributed by atoms with Gasteiger partial charge in [0.2, 0.25) is 6.29 Å². The molecule has 0 spiro atoms. The third-order valence-corrected chi connectivity index (χ3v) is 7.42. The molecule has 1 aliphatic carbocycles. The predicted molar refractivity (Wildman–Crippen MR) is 135 cm³/mol. The molecule has 1 saturated heterocycles. The zero-order chi connectivity index (χ0) is 28.1. The first-order chi connectivity index (χ1) is 18.7. The lowest BCUT2D eigenvalue weighted by atomic mass is 9.83. The third kappa shape index (κ3) is 6.40. The van der Waals surface area contributed by atoms with Crippen LogP contribution in [0.4, 0.5) is 0 Å². The number of rotatable bonds is 8. The molecule has 39 heavy (non-hydrogen) atoms. The van der Waals surface area contributed by atoms with Gasteiger partial charge in [-0.25, -0.2) is 9.59 Å². The Balaban J connectivity index is 1.46. The highest BCUT2D eigenvalue weighted by Gasteiger charge is 2.54. The molecule has 0 aromatic heterocycles. The van der Waals surface area contributed by atoms with Crippen molar-refractivity contribution in [3.05, 3.63) is 66.0 Å². The van der Waals surface area contributed by atoms with Gasteiger partial charge in [-0.2, -0.15) is 0 Å². The summed E-state index contributed by atoms with van der Waals surface area (Å²) in [5, 5.41) is 40.1. The molecule has 4 rings (SSSR count). The summed E-state index contributed by atoms with van der Waals surface area (Å²) >= 11 is 0. The summed E-state index contributed by atoms with van der Waals surface area (Å²) in [5.41, 5.74) is 1.24. The van der Waals surface area contributed by atoms with E-state index >= 15 is 0 Å². The second-order valence-electron chi connectivity index (χ2n) is 9.79. The van der Waals surface area contributed by atoms with Crippen LogP contribution in [0.15, 0.2) is 60.4 Å². The van der Waals surface area contributed by atoms with Crippen LogP contribution in [0.3, 0.4) is 0 Å². The number of hydrogen-bond acceptors (Lipinski definition) is 11. The second kappa shape index (κ2) is 12.9. The molecule has 2 aliphatic heterocycles. The Labute approximate surface area is 225 Å². The number of fused-ring (bicyclic) bond motifs is 1. The van der Waals surface area contributed by atoms with E-state index in [-0.39, 0.29) is 11.5 Å². The number of carbonyl (C=O) groups is 2. The highest BCUT2D eigenvalue weighted by atomic mass is 16.8. The molecule has 11 nitrogen and oxygen atoms in total. The molecule has 3 aliphatic rings. The Morgan fingerprint density at radius 3 is 2.49 bits per heavy atom. The van der Waals surface area contributed by atoms with Gasteiger partial charge in [-0.1, -0.05) is 55.5 Å². The fourth-order valence-electron chi connectivity index (χ4n) is 5.29. The number of allylic oxidation sites excluding steroid dienone is 2. The Bertz CT molecular complexity index is 1080. The van der Waals surface area contributed by atoms with Crippen molar-refractivity contribution in [2.24, 2.45) is 17.8 Å². The van der Waals surface area contributed by atoms with Gasteiger partial charge in [0.25, 0.3) is 0 Å². The maximum absolute atomic E-state index is 12.6. The summed E-state index contributed by atoms with van der Waals surface area (Å²) in [6.07, 6.45) is -1.07. The summed E-state index contributed by atoms with van der Waals surface area (Å²) in [6, 6.07) is 9.60. The summed E-state index contributed by atoms with van der Waals surface area (Å²) in [6.45, 7) is 1.21. The van der Waals surface area contributed by atoms with Crippen LogP contribution in [0.25, 0.3) is 6.08 Å². The van der Waals surface area contributed by atoms with Crippen molar-refractivity contribution in [1.82, 2.24) is 0 Å². The number of esters is 2. The van der Waals surface area contributed by atoms with E-state index in [9.17, 15) is 30.0 Å². The van der Waals surface area contributed by atoms with Crippen molar-refractivity contribution in [2.75, 3.05) is 13.7 Å². The molecule has 212 valence electrons. The smallest absolute Gasteiger partial charge is 0.337 e. The van der Waals surface area contributed by atoms with Gasteiger partial charge >= 0.3 is 11.9 Å². The quantitative estimate of drug-likeness (QED) is 0.206. The lowest BCUT2D eigenvalue weighted by Crippen LogP contribution is -2.60. The van der Waals surface area contributed by atoms with E-state index in [1.165, 1.54) is 19.4 Å². The Hall–Kier alpha value is -3.06. The molecule has 0 bridgehead atoms. The minimum atomic E-state index is -1.63. The topological polar surface area (TPSA) is 161 Å². The number of methoxy groups -OCH3 is 1. The highest BCUT2D eigenvalue weighted by molar-refractivity contribution is 5.89. The Morgan fingerprint density at radius 1 is 1.05 bits per heavy atom. The highest BCUT2D eigenvalue weighted by Crippen LogP contribution is 2.48. The first kappa shape index (κ1) is 28.9. The van der Waals surface area contributed by atoms with Gasteiger partial charge < -0.3 is 44.1 Å². The lowest BCUT2D eigenvalue weighted by molar-refractivity contribution is -0.342. The average molecular weight is 547 g/mol. The van der Waals surface area contributed by atoms with Crippen molar-refractivity contribution in [2.45, 2.75) is 56.4 Å². The van der Waals surface area contributed by atoms with Crippen LogP contribution in [-0.2, 0) is 33.3 Å². The first-order valence-corrected chi connectivity index (χ1v) is 12.7. The first-order valence-electron chi connectivity index (χ1n) is 12.7. The summed E-state index contributed by atoms with van der Waals surface area (Å²) in [7, 11) is 1.25. The van der Waals surface area contributed by atoms with Crippen molar-refractivity contribution in [3.8, 4) is 0 Å². The number of carbonyl (C=O) groups excluding carboxylic acids is 2. The Kier molecular flexibility index (Phi) is 9.54. The van der Waals surface area contributed by atoms with Crippen LogP contribution in [0.5, 0.6) is 0 Å². The van der Waals surface area contributed by atoms with Gasteiger partial charge in [0.1, 0.15) is 30.5 Å². The molecule has 2 fully saturated rings. The van der Waals surface area contributed by atoms with Crippen LogP contribution >= 0.6 is 0 Å². The zero-order valence-electron chi connectivity index (χ0n) is 21.6. The summed E-state index contributed by atoms with van der Waals surface area (Å²) in [5.74, 6) is -2.48. The van der Waals surface area contributed by atoms with Gasteiger partial charge in [-0.3, -0.25) is 0 Å². The van der Waals surface area contributed by atoms with Gasteiger partial charge in [-0.15, -0.1) is 0 Å². The largest absolute Gasteiger partial charge is 0.472 e. The van der Waals surface area contributed by atoms with Crippen LogP contribution in [0.1, 0.15) is 18.9 Å². The maximum Gasteiger partial charge on any atom is 0.337 e.